The molecule has 4 rings (SSSR count). The van der Waals surface area contributed by atoms with Crippen LogP contribution in [0.25, 0.3) is 10.1 Å². The fourth-order valence-electron chi connectivity index (χ4n) is 3.05. The second-order valence-electron chi connectivity index (χ2n) is 6.66. The van der Waals surface area contributed by atoms with Gasteiger partial charge in [0.05, 0.1) is 17.6 Å². The topological polar surface area (TPSA) is 70.5 Å². The van der Waals surface area contributed by atoms with E-state index in [1.807, 2.05) is 0 Å². The second-order valence-corrected chi connectivity index (χ2v) is 10.3. The Labute approximate surface area is 189 Å². The number of halogens is 3. The van der Waals surface area contributed by atoms with Crippen molar-refractivity contribution in [2.75, 3.05) is 4.31 Å². The van der Waals surface area contributed by atoms with E-state index in [1.54, 1.807) is 18.2 Å². The van der Waals surface area contributed by atoms with Gasteiger partial charge in [-0.05, 0) is 57.4 Å². The number of fused-ring (bicyclic) bond motifs is 1. The Kier molecular flexibility index (Phi) is 6.07. The number of hydrogen-bond acceptors (Lipinski definition) is 5. The van der Waals surface area contributed by atoms with Crippen molar-refractivity contribution in [2.45, 2.75) is 18.0 Å². The summed E-state index contributed by atoms with van der Waals surface area (Å²) in [6, 6.07) is 11.5. The molecule has 2 heterocycles. The minimum absolute atomic E-state index is 0.0296. The van der Waals surface area contributed by atoms with Gasteiger partial charge in [0.1, 0.15) is 9.90 Å². The Morgan fingerprint density at radius 3 is 2.52 bits per heavy atom. The van der Waals surface area contributed by atoms with Gasteiger partial charge < -0.3 is 5.11 Å². The number of benzene rings is 2. The largest absolute Gasteiger partial charge is 0.392 e. The number of anilines is 1. The van der Waals surface area contributed by atoms with Crippen LogP contribution in [0.15, 0.2) is 70.3 Å². The molecule has 0 bridgehead atoms. The van der Waals surface area contributed by atoms with Crippen molar-refractivity contribution in [3.63, 3.8) is 0 Å². The molecule has 2 aromatic heterocycles. The monoisotopic (exact) mass is 524 g/mol. The fraction of sp³-hybridized carbons (Fsp3) is 0.0952. The zero-order valence-corrected chi connectivity index (χ0v) is 19.0. The van der Waals surface area contributed by atoms with Crippen molar-refractivity contribution >= 4 is 52.4 Å². The van der Waals surface area contributed by atoms with E-state index in [0.29, 0.717) is 15.0 Å². The Hall–Kier alpha value is -2.40. The summed E-state index contributed by atoms with van der Waals surface area (Å²) >= 11 is 4.71. The van der Waals surface area contributed by atoms with Crippen molar-refractivity contribution in [3.8, 4) is 0 Å². The van der Waals surface area contributed by atoms with E-state index >= 15 is 0 Å². The van der Waals surface area contributed by atoms with Crippen LogP contribution in [0.1, 0.15) is 11.1 Å². The van der Waals surface area contributed by atoms with E-state index < -0.39 is 21.7 Å². The quantitative estimate of drug-likeness (QED) is 0.375. The molecule has 1 N–H and O–H groups in total. The molecule has 0 saturated carbocycles. The summed E-state index contributed by atoms with van der Waals surface area (Å²) in [5.41, 5.74) is 0.974. The molecule has 0 radical (unpaired) electrons. The molecule has 0 aliphatic rings. The van der Waals surface area contributed by atoms with Gasteiger partial charge in [-0.2, -0.15) is 0 Å². The highest BCUT2D eigenvalue weighted by atomic mass is 79.9. The second kappa shape index (κ2) is 8.62. The Morgan fingerprint density at radius 2 is 1.84 bits per heavy atom. The molecule has 0 fully saturated rings. The third kappa shape index (κ3) is 4.20. The number of sulfonamides is 1. The van der Waals surface area contributed by atoms with Gasteiger partial charge in [0, 0.05) is 22.5 Å². The molecule has 0 saturated heterocycles. The molecule has 0 spiro atoms. The van der Waals surface area contributed by atoms with Crippen LogP contribution in [0.2, 0.25) is 0 Å². The summed E-state index contributed by atoms with van der Waals surface area (Å²) in [5.74, 6) is -2.07. The lowest BCUT2D eigenvalue weighted by molar-refractivity contribution is 0.282. The lowest BCUT2D eigenvalue weighted by Crippen LogP contribution is -2.30. The van der Waals surface area contributed by atoms with Crippen LogP contribution in [-0.2, 0) is 23.2 Å². The molecule has 4 aromatic rings. The van der Waals surface area contributed by atoms with Gasteiger partial charge in [-0.1, -0.05) is 18.2 Å². The SMILES string of the molecule is O=S(=O)(c1cccnc1)N(Cc1ccc(F)c(F)c1)c1sc2cc(CO)ccc2c1Br. The Balaban J connectivity index is 1.89. The number of hydrogen-bond donors (Lipinski definition) is 1. The molecule has 2 aromatic carbocycles. The smallest absolute Gasteiger partial charge is 0.266 e. The molecular weight excluding hydrogens is 510 g/mol. The maximum absolute atomic E-state index is 13.8. The van der Waals surface area contributed by atoms with E-state index in [0.717, 1.165) is 26.5 Å². The van der Waals surface area contributed by atoms with Crippen LogP contribution in [0.3, 0.4) is 0 Å². The molecule has 0 aliphatic heterocycles. The highest BCUT2D eigenvalue weighted by Crippen LogP contribution is 2.44. The first-order chi connectivity index (χ1) is 14.8. The zero-order chi connectivity index (χ0) is 22.2. The number of nitrogens with zero attached hydrogens (tertiary/aromatic N) is 2. The predicted octanol–water partition coefficient (Wildman–Crippen LogP) is 5.22. The first kappa shape index (κ1) is 21.8. The van der Waals surface area contributed by atoms with Crippen molar-refractivity contribution in [1.82, 2.24) is 4.98 Å². The maximum Gasteiger partial charge on any atom is 0.266 e. The number of pyridine rings is 1. The average molecular weight is 525 g/mol. The average Bonchev–Trinajstić information content (AvgIpc) is 3.10. The van der Waals surface area contributed by atoms with Crippen LogP contribution < -0.4 is 4.31 Å². The van der Waals surface area contributed by atoms with Gasteiger partial charge in [-0.25, -0.2) is 17.2 Å². The van der Waals surface area contributed by atoms with E-state index in [9.17, 15) is 22.3 Å². The molecule has 0 amide bonds. The van der Waals surface area contributed by atoms with Gasteiger partial charge in [-0.3, -0.25) is 9.29 Å². The lowest BCUT2D eigenvalue weighted by atomic mass is 10.2. The van der Waals surface area contributed by atoms with E-state index in [4.69, 9.17) is 0 Å². The predicted molar refractivity (Wildman–Crippen MR) is 119 cm³/mol. The molecule has 0 aliphatic carbocycles. The minimum Gasteiger partial charge on any atom is -0.392 e. The number of aromatic nitrogens is 1. The van der Waals surface area contributed by atoms with Gasteiger partial charge in [0.15, 0.2) is 11.6 Å². The highest BCUT2D eigenvalue weighted by molar-refractivity contribution is 9.10. The highest BCUT2D eigenvalue weighted by Gasteiger charge is 2.29. The summed E-state index contributed by atoms with van der Waals surface area (Å²) in [6.07, 6.45) is 2.70. The Morgan fingerprint density at radius 1 is 1.06 bits per heavy atom. The molecule has 10 heteroatoms. The van der Waals surface area contributed by atoms with Crippen LogP contribution in [0.5, 0.6) is 0 Å². The summed E-state index contributed by atoms with van der Waals surface area (Å²) in [4.78, 5) is 3.87. The van der Waals surface area contributed by atoms with Crippen molar-refractivity contribution < 1.29 is 22.3 Å². The van der Waals surface area contributed by atoms with E-state index in [2.05, 4.69) is 20.9 Å². The van der Waals surface area contributed by atoms with Gasteiger partial charge >= 0.3 is 0 Å². The molecule has 5 nitrogen and oxygen atoms in total. The van der Waals surface area contributed by atoms with Gasteiger partial charge in [0.25, 0.3) is 10.0 Å². The fourth-order valence-corrected chi connectivity index (χ4v) is 6.90. The Bertz CT molecular complexity index is 1360. The summed E-state index contributed by atoms with van der Waals surface area (Å²) in [5, 5.41) is 10.6. The van der Waals surface area contributed by atoms with Crippen LogP contribution in [-0.4, -0.2) is 18.5 Å². The first-order valence-electron chi connectivity index (χ1n) is 8.99. The number of thiophene rings is 1. The van der Waals surface area contributed by atoms with Crippen LogP contribution in [0, 0.1) is 11.6 Å². The minimum atomic E-state index is -4.08. The van der Waals surface area contributed by atoms with Gasteiger partial charge in [-0.15, -0.1) is 11.3 Å². The van der Waals surface area contributed by atoms with Crippen LogP contribution >= 0.6 is 27.3 Å². The number of rotatable bonds is 6. The zero-order valence-electron chi connectivity index (χ0n) is 15.8. The summed E-state index contributed by atoms with van der Waals surface area (Å²) in [7, 11) is -4.08. The van der Waals surface area contributed by atoms with Crippen molar-refractivity contribution in [3.05, 3.63) is 88.2 Å². The normalized spacial score (nSPS) is 11.7. The van der Waals surface area contributed by atoms with Crippen molar-refractivity contribution in [1.29, 1.82) is 0 Å². The van der Waals surface area contributed by atoms with Gasteiger partial charge in [0.2, 0.25) is 0 Å². The molecule has 31 heavy (non-hydrogen) atoms. The third-order valence-electron chi connectivity index (χ3n) is 4.62. The molecular formula is C21H15BrF2N2O3S2. The van der Waals surface area contributed by atoms with E-state index in [-0.39, 0.29) is 23.6 Å². The van der Waals surface area contributed by atoms with E-state index in [1.165, 1.54) is 41.9 Å². The molecule has 0 atom stereocenters. The van der Waals surface area contributed by atoms with Crippen LogP contribution in [0.4, 0.5) is 13.8 Å². The number of aliphatic hydroxyl groups excluding tert-OH is 1. The van der Waals surface area contributed by atoms with Crippen molar-refractivity contribution in [2.24, 2.45) is 0 Å². The molecule has 0 unspecified atom stereocenters. The maximum atomic E-state index is 13.8. The molecule has 160 valence electrons. The third-order valence-corrected chi connectivity index (χ3v) is 8.70. The standard InChI is InChI=1S/C21H15BrF2N2O3S2/c22-20-16-5-3-14(12-27)9-19(16)30-21(20)26(11-13-4-6-17(23)18(24)8-13)31(28,29)15-2-1-7-25-10-15/h1-10,27H,11-12H2. The lowest BCUT2D eigenvalue weighted by Gasteiger charge is -2.23. The summed E-state index contributed by atoms with van der Waals surface area (Å²) < 4.78 is 56.7. The summed E-state index contributed by atoms with van der Waals surface area (Å²) in [6.45, 7) is -0.361. The number of aliphatic hydroxyl groups is 1. The first-order valence-corrected chi connectivity index (χ1v) is 12.0.